The number of nitrogens with two attached hydrogens (primary N) is 1. The van der Waals surface area contributed by atoms with Gasteiger partial charge in [0.25, 0.3) is 0 Å². The fourth-order valence-electron chi connectivity index (χ4n) is 3.10. The number of aryl methyl sites for hydroxylation is 1. The van der Waals surface area contributed by atoms with Gasteiger partial charge in [0.2, 0.25) is 0 Å². The molecule has 2 N–H and O–H groups in total. The van der Waals surface area contributed by atoms with Crippen molar-refractivity contribution in [3.8, 4) is 23.1 Å². The summed E-state index contributed by atoms with van der Waals surface area (Å²) >= 11 is 0. The first-order valence-corrected chi connectivity index (χ1v) is 8.24. The molecule has 0 radical (unpaired) electrons. The third-order valence-corrected chi connectivity index (χ3v) is 4.09. The lowest BCUT2D eigenvalue weighted by Gasteiger charge is -2.11. The summed E-state index contributed by atoms with van der Waals surface area (Å²) in [5.41, 5.74) is 10.2. The molecule has 24 heavy (non-hydrogen) atoms. The quantitative estimate of drug-likeness (QED) is 0.701. The second-order valence-corrected chi connectivity index (χ2v) is 5.72. The van der Waals surface area contributed by atoms with Gasteiger partial charge in [-0.25, -0.2) is 0 Å². The van der Waals surface area contributed by atoms with Crippen LogP contribution in [0.3, 0.4) is 0 Å². The zero-order valence-corrected chi connectivity index (χ0v) is 14.0. The highest BCUT2D eigenvalue weighted by molar-refractivity contribution is 5.95. The van der Waals surface area contributed by atoms with E-state index in [2.05, 4.69) is 17.6 Å². The van der Waals surface area contributed by atoms with Gasteiger partial charge >= 0.3 is 0 Å². The molecule has 3 rings (SSSR count). The van der Waals surface area contributed by atoms with Crippen molar-refractivity contribution in [3.05, 3.63) is 48.0 Å². The Hall–Kier alpha value is -2.93. The summed E-state index contributed by atoms with van der Waals surface area (Å²) < 4.78 is 7.85. The summed E-state index contributed by atoms with van der Waals surface area (Å²) in [7, 11) is 0. The van der Waals surface area contributed by atoms with E-state index >= 15 is 0 Å². The zero-order valence-electron chi connectivity index (χ0n) is 14.0. The third kappa shape index (κ3) is 2.69. The van der Waals surface area contributed by atoms with Crippen LogP contribution in [-0.4, -0.2) is 11.2 Å². The average Bonchev–Trinajstić information content (AvgIpc) is 2.89. The number of ether oxygens (including phenoxy) is 1. The molecule has 1 aromatic heterocycles. The second-order valence-electron chi connectivity index (χ2n) is 5.72. The zero-order chi connectivity index (χ0) is 17.1. The molecule has 0 bridgehead atoms. The van der Waals surface area contributed by atoms with E-state index in [9.17, 15) is 5.26 Å². The van der Waals surface area contributed by atoms with E-state index in [-0.39, 0.29) is 0 Å². The summed E-state index contributed by atoms with van der Waals surface area (Å²) in [5.74, 6) is 0.827. The van der Waals surface area contributed by atoms with Crippen molar-refractivity contribution in [2.45, 2.75) is 26.8 Å². The molecular weight excluding hydrogens is 298 g/mol. The molecule has 3 aromatic rings. The molecule has 1 heterocycles. The molecule has 2 aromatic carbocycles. The van der Waals surface area contributed by atoms with Crippen LogP contribution in [0.15, 0.2) is 42.5 Å². The van der Waals surface area contributed by atoms with E-state index in [0.29, 0.717) is 17.9 Å². The van der Waals surface area contributed by atoms with Crippen LogP contribution >= 0.6 is 0 Å². The lowest BCUT2D eigenvalue weighted by molar-refractivity contribution is 0.340. The molecule has 0 saturated heterocycles. The normalized spacial score (nSPS) is 10.7. The highest BCUT2D eigenvalue weighted by Gasteiger charge is 2.18. The van der Waals surface area contributed by atoms with Crippen molar-refractivity contribution < 1.29 is 4.74 Å². The Morgan fingerprint density at radius 1 is 1.12 bits per heavy atom. The molecule has 0 amide bonds. The highest BCUT2D eigenvalue weighted by Crippen LogP contribution is 2.35. The van der Waals surface area contributed by atoms with Gasteiger partial charge in [-0.2, -0.15) is 5.26 Å². The lowest BCUT2D eigenvalue weighted by atomic mass is 10.1. The number of rotatable bonds is 5. The molecule has 0 aliphatic rings. The van der Waals surface area contributed by atoms with Crippen LogP contribution in [0.4, 0.5) is 5.69 Å². The summed E-state index contributed by atoms with van der Waals surface area (Å²) in [6.07, 6.45) is 0.982. The number of nitrogen functional groups attached to an aromatic ring is 1. The Morgan fingerprint density at radius 2 is 1.88 bits per heavy atom. The van der Waals surface area contributed by atoms with Crippen LogP contribution in [0.5, 0.6) is 5.75 Å². The van der Waals surface area contributed by atoms with Crippen LogP contribution < -0.4 is 10.5 Å². The predicted octanol–water partition coefficient (Wildman–Crippen LogP) is 4.57. The van der Waals surface area contributed by atoms with Crippen LogP contribution in [-0.2, 0) is 6.54 Å². The number of benzene rings is 2. The van der Waals surface area contributed by atoms with Gasteiger partial charge in [-0.3, -0.25) is 0 Å². The monoisotopic (exact) mass is 319 g/mol. The molecule has 4 nitrogen and oxygen atoms in total. The Morgan fingerprint density at radius 3 is 2.50 bits per heavy atom. The Bertz CT molecular complexity index is 901. The number of fused-ring (bicyclic) bond motifs is 1. The smallest absolute Gasteiger partial charge is 0.121 e. The van der Waals surface area contributed by atoms with Crippen molar-refractivity contribution in [3.63, 3.8) is 0 Å². The number of anilines is 1. The van der Waals surface area contributed by atoms with Crippen LogP contribution in [0, 0.1) is 11.3 Å². The molecule has 0 aliphatic carbocycles. The molecular formula is C20H21N3O. The fraction of sp³-hybridized carbons (Fsp3) is 0.250. The van der Waals surface area contributed by atoms with Crippen molar-refractivity contribution in [2.24, 2.45) is 0 Å². The molecule has 0 unspecified atom stereocenters. The largest absolute Gasteiger partial charge is 0.494 e. The van der Waals surface area contributed by atoms with Crippen LogP contribution in [0.25, 0.3) is 22.2 Å². The number of nitriles is 1. The van der Waals surface area contributed by atoms with Gasteiger partial charge < -0.3 is 15.0 Å². The maximum atomic E-state index is 9.77. The number of nitrogens with zero attached hydrogens (tertiary/aromatic N) is 2. The van der Waals surface area contributed by atoms with Crippen LogP contribution in [0.1, 0.15) is 25.8 Å². The maximum absolute atomic E-state index is 9.77. The topological polar surface area (TPSA) is 64.0 Å². The molecule has 0 aliphatic heterocycles. The Labute approximate surface area is 142 Å². The van der Waals surface area contributed by atoms with Gasteiger partial charge in [0, 0.05) is 23.7 Å². The number of hydrogen-bond acceptors (Lipinski definition) is 3. The molecule has 0 saturated carbocycles. The summed E-state index contributed by atoms with van der Waals surface area (Å²) in [6, 6.07) is 16.0. The third-order valence-electron chi connectivity index (χ3n) is 4.09. The van der Waals surface area contributed by atoms with E-state index in [0.717, 1.165) is 40.9 Å². The number of hydrogen-bond donors (Lipinski definition) is 1. The van der Waals surface area contributed by atoms with Crippen molar-refractivity contribution in [1.82, 2.24) is 4.57 Å². The lowest BCUT2D eigenvalue weighted by Crippen LogP contribution is -2.00. The summed E-state index contributed by atoms with van der Waals surface area (Å²) in [5, 5.41) is 10.7. The average molecular weight is 319 g/mol. The first-order chi connectivity index (χ1) is 11.7. The van der Waals surface area contributed by atoms with Crippen molar-refractivity contribution in [2.75, 3.05) is 12.3 Å². The minimum Gasteiger partial charge on any atom is -0.494 e. The minimum absolute atomic E-state index is 0.621. The van der Waals surface area contributed by atoms with Crippen molar-refractivity contribution in [1.29, 1.82) is 5.26 Å². The van der Waals surface area contributed by atoms with Gasteiger partial charge in [0.15, 0.2) is 0 Å². The Balaban J connectivity index is 2.31. The number of aromatic nitrogens is 1. The van der Waals surface area contributed by atoms with Gasteiger partial charge in [0.1, 0.15) is 11.8 Å². The molecule has 122 valence electrons. The van der Waals surface area contributed by atoms with E-state index in [1.807, 2.05) is 49.4 Å². The first kappa shape index (κ1) is 15.9. The van der Waals surface area contributed by atoms with E-state index in [1.54, 1.807) is 0 Å². The maximum Gasteiger partial charge on any atom is 0.121 e. The fourth-order valence-corrected chi connectivity index (χ4v) is 3.10. The summed E-state index contributed by atoms with van der Waals surface area (Å²) in [6.45, 7) is 5.57. The van der Waals surface area contributed by atoms with E-state index in [4.69, 9.17) is 10.5 Å². The minimum atomic E-state index is 0.621. The van der Waals surface area contributed by atoms with Crippen molar-refractivity contribution >= 4 is 16.6 Å². The highest BCUT2D eigenvalue weighted by atomic mass is 16.5. The second kappa shape index (κ2) is 6.67. The van der Waals surface area contributed by atoms with Gasteiger partial charge in [-0.1, -0.05) is 19.1 Å². The van der Waals surface area contributed by atoms with Gasteiger partial charge in [-0.15, -0.1) is 0 Å². The summed E-state index contributed by atoms with van der Waals surface area (Å²) in [4.78, 5) is 0. The van der Waals surface area contributed by atoms with E-state index in [1.165, 1.54) is 0 Å². The SMILES string of the molecule is CCCn1c(-c2ccc(N)cc2)c(C#N)c2ccc(OCC)cc21. The standard InChI is InChI=1S/C20H21N3O/c1-3-11-23-19-12-16(24-4-2)9-10-17(19)18(13-21)20(23)14-5-7-15(22)8-6-14/h5-10,12H,3-4,11,22H2,1-2H3. The van der Waals surface area contributed by atoms with Gasteiger partial charge in [0.05, 0.1) is 23.4 Å². The molecule has 4 heteroatoms. The van der Waals surface area contributed by atoms with E-state index < -0.39 is 0 Å². The first-order valence-electron chi connectivity index (χ1n) is 8.24. The molecule has 0 spiro atoms. The predicted molar refractivity (Wildman–Crippen MR) is 98.0 cm³/mol. The van der Waals surface area contributed by atoms with Crippen LogP contribution in [0.2, 0.25) is 0 Å². The molecule has 0 fully saturated rings. The Kier molecular flexibility index (Phi) is 4.43. The molecule has 0 atom stereocenters. The van der Waals surface area contributed by atoms with Gasteiger partial charge in [-0.05, 0) is 43.2 Å².